The molecule has 1 aromatic heterocycles. The molecule has 1 unspecified atom stereocenters. The van der Waals surface area contributed by atoms with E-state index in [0.717, 1.165) is 6.42 Å². The maximum Gasteiger partial charge on any atom is 0.145 e. The van der Waals surface area contributed by atoms with Crippen LogP contribution >= 0.6 is 11.6 Å². The van der Waals surface area contributed by atoms with Crippen LogP contribution in [0, 0.1) is 5.82 Å². The molecule has 0 spiro atoms. The third-order valence-corrected chi connectivity index (χ3v) is 4.84. The van der Waals surface area contributed by atoms with Crippen LogP contribution in [0.2, 0.25) is 5.15 Å². The first-order valence-electron chi connectivity index (χ1n) is 6.56. The number of hydrogen-bond acceptors (Lipinski definition) is 3. The van der Waals surface area contributed by atoms with E-state index < -0.39 is 16.8 Å². The van der Waals surface area contributed by atoms with Crippen LogP contribution in [0.25, 0.3) is 0 Å². The predicted molar refractivity (Wildman–Crippen MR) is 79.5 cm³/mol. The molecule has 0 amide bonds. The Kier molecular flexibility index (Phi) is 7.58. The van der Waals surface area contributed by atoms with Gasteiger partial charge in [-0.2, -0.15) is 0 Å². The smallest absolute Gasteiger partial charge is 0.145 e. The highest BCUT2D eigenvalue weighted by atomic mass is 35.5. The van der Waals surface area contributed by atoms with Crippen LogP contribution in [0.4, 0.5) is 4.39 Å². The SMILES string of the molecule is CC[C@@H](C)S(=O)NC[C@H](CCO)c1nc(Cl)ccc1F. The topological polar surface area (TPSA) is 62.2 Å². The highest BCUT2D eigenvalue weighted by Gasteiger charge is 2.19. The Bertz CT molecular complexity index is 462. The minimum Gasteiger partial charge on any atom is -0.396 e. The third-order valence-electron chi connectivity index (χ3n) is 3.12. The number of nitrogens with zero attached hydrogens (tertiary/aromatic N) is 1. The van der Waals surface area contributed by atoms with Crippen LogP contribution in [0.15, 0.2) is 12.1 Å². The van der Waals surface area contributed by atoms with Crippen LogP contribution in [0.5, 0.6) is 0 Å². The second kappa shape index (κ2) is 8.67. The van der Waals surface area contributed by atoms with Crippen molar-refractivity contribution in [1.82, 2.24) is 9.71 Å². The van der Waals surface area contributed by atoms with Crippen molar-refractivity contribution in [3.05, 3.63) is 28.8 Å². The Hall–Kier alpha value is -0.560. The zero-order chi connectivity index (χ0) is 15.1. The van der Waals surface area contributed by atoms with Crippen LogP contribution in [0.1, 0.15) is 38.3 Å². The first-order chi connectivity index (χ1) is 9.49. The van der Waals surface area contributed by atoms with Gasteiger partial charge in [-0.25, -0.2) is 18.3 Å². The third kappa shape index (κ3) is 5.09. The number of aliphatic hydroxyl groups excluding tert-OH is 1. The lowest BCUT2D eigenvalue weighted by Crippen LogP contribution is -2.30. The summed E-state index contributed by atoms with van der Waals surface area (Å²) in [5.41, 5.74) is 0.195. The molecule has 2 N–H and O–H groups in total. The molecule has 0 aromatic carbocycles. The number of halogens is 2. The molecule has 0 bridgehead atoms. The van der Waals surface area contributed by atoms with Gasteiger partial charge in [0.05, 0.1) is 16.7 Å². The molecule has 0 saturated heterocycles. The minimum atomic E-state index is -1.19. The fourth-order valence-electron chi connectivity index (χ4n) is 1.69. The van der Waals surface area contributed by atoms with Crippen molar-refractivity contribution in [2.24, 2.45) is 0 Å². The maximum atomic E-state index is 13.8. The fourth-order valence-corrected chi connectivity index (χ4v) is 2.79. The summed E-state index contributed by atoms with van der Waals surface area (Å²) in [6, 6.07) is 2.63. The summed E-state index contributed by atoms with van der Waals surface area (Å²) < 4.78 is 28.5. The standard InChI is InChI=1S/C13H20ClFN2O2S/c1-3-9(2)20(19)16-8-10(6-7-18)13-11(15)4-5-12(14)17-13/h4-5,9-10,16,18H,3,6-8H2,1-2H3/t9-,10+,20?/m1/s1. The molecule has 114 valence electrons. The quantitative estimate of drug-likeness (QED) is 0.722. The molecule has 0 radical (unpaired) electrons. The van der Waals surface area contributed by atoms with E-state index in [1.54, 1.807) is 0 Å². The van der Waals surface area contributed by atoms with E-state index in [2.05, 4.69) is 9.71 Å². The van der Waals surface area contributed by atoms with Crippen molar-refractivity contribution in [3.8, 4) is 0 Å². The van der Waals surface area contributed by atoms with Gasteiger partial charge in [-0.05, 0) is 31.9 Å². The molecular formula is C13H20ClFN2O2S. The number of nitrogens with one attached hydrogen (secondary N) is 1. The van der Waals surface area contributed by atoms with E-state index in [0.29, 0.717) is 6.42 Å². The molecule has 3 atom stereocenters. The summed E-state index contributed by atoms with van der Waals surface area (Å²) in [5.74, 6) is -0.837. The molecule has 0 aliphatic heterocycles. The van der Waals surface area contributed by atoms with Crippen LogP contribution < -0.4 is 4.72 Å². The van der Waals surface area contributed by atoms with Gasteiger partial charge in [-0.1, -0.05) is 18.5 Å². The van der Waals surface area contributed by atoms with E-state index in [1.807, 2.05) is 13.8 Å². The molecule has 7 heteroatoms. The van der Waals surface area contributed by atoms with E-state index in [9.17, 15) is 8.60 Å². The Morgan fingerprint density at radius 1 is 1.55 bits per heavy atom. The number of hydrogen-bond donors (Lipinski definition) is 2. The van der Waals surface area contributed by atoms with Crippen molar-refractivity contribution in [2.45, 2.75) is 37.9 Å². The summed E-state index contributed by atoms with van der Waals surface area (Å²) in [7, 11) is -1.19. The van der Waals surface area contributed by atoms with Crippen LogP contribution in [-0.2, 0) is 11.0 Å². The van der Waals surface area contributed by atoms with Gasteiger partial charge in [0.1, 0.15) is 11.0 Å². The average molecular weight is 323 g/mol. The number of aliphatic hydroxyl groups is 1. The van der Waals surface area contributed by atoms with Crippen LogP contribution in [0.3, 0.4) is 0 Å². The van der Waals surface area contributed by atoms with Gasteiger partial charge in [0.2, 0.25) is 0 Å². The molecule has 0 fully saturated rings. The van der Waals surface area contributed by atoms with Gasteiger partial charge in [0.25, 0.3) is 0 Å². The lowest BCUT2D eigenvalue weighted by atomic mass is 10.0. The average Bonchev–Trinajstić information content (AvgIpc) is 2.44. The largest absolute Gasteiger partial charge is 0.396 e. The molecule has 0 aliphatic rings. The molecule has 1 rings (SSSR count). The Morgan fingerprint density at radius 2 is 2.25 bits per heavy atom. The summed E-state index contributed by atoms with van der Waals surface area (Å²) in [6.45, 7) is 4.01. The highest BCUT2D eigenvalue weighted by Crippen LogP contribution is 2.22. The second-order valence-electron chi connectivity index (χ2n) is 4.57. The van der Waals surface area contributed by atoms with Crippen LogP contribution in [-0.4, -0.2) is 32.7 Å². The van der Waals surface area contributed by atoms with Gasteiger partial charge < -0.3 is 5.11 Å². The zero-order valence-electron chi connectivity index (χ0n) is 11.6. The highest BCUT2D eigenvalue weighted by molar-refractivity contribution is 7.83. The molecular weight excluding hydrogens is 303 g/mol. The normalized spacial score (nSPS) is 15.8. The molecule has 20 heavy (non-hydrogen) atoms. The maximum absolute atomic E-state index is 13.8. The summed E-state index contributed by atoms with van der Waals surface area (Å²) in [6.07, 6.45) is 1.11. The van der Waals surface area contributed by atoms with E-state index in [4.69, 9.17) is 16.7 Å². The molecule has 1 aromatic rings. The minimum absolute atomic E-state index is 0.0157. The van der Waals surface area contributed by atoms with Crippen molar-refractivity contribution in [3.63, 3.8) is 0 Å². The predicted octanol–water partition coefficient (Wildman–Crippen LogP) is 2.39. The monoisotopic (exact) mass is 322 g/mol. The summed E-state index contributed by atoms with van der Waals surface area (Å²) in [5, 5.41) is 9.31. The fraction of sp³-hybridized carbons (Fsp3) is 0.615. The Balaban J connectivity index is 2.78. The van der Waals surface area contributed by atoms with Crippen molar-refractivity contribution >= 4 is 22.6 Å². The Labute approximate surface area is 126 Å². The number of pyridine rings is 1. The van der Waals surface area contributed by atoms with E-state index in [1.165, 1.54) is 12.1 Å². The van der Waals surface area contributed by atoms with Gasteiger partial charge in [0.15, 0.2) is 0 Å². The van der Waals surface area contributed by atoms with Gasteiger partial charge in [0, 0.05) is 24.3 Å². The summed E-state index contributed by atoms with van der Waals surface area (Å²) in [4.78, 5) is 3.97. The van der Waals surface area contributed by atoms with Gasteiger partial charge in [-0.15, -0.1) is 0 Å². The first-order valence-corrected chi connectivity index (χ1v) is 8.15. The van der Waals surface area contributed by atoms with Crippen molar-refractivity contribution in [2.75, 3.05) is 13.2 Å². The first kappa shape index (κ1) is 17.5. The van der Waals surface area contributed by atoms with Crippen molar-refractivity contribution < 1.29 is 13.7 Å². The number of rotatable bonds is 8. The van der Waals surface area contributed by atoms with Crippen molar-refractivity contribution in [1.29, 1.82) is 0 Å². The Morgan fingerprint density at radius 3 is 2.85 bits per heavy atom. The lowest BCUT2D eigenvalue weighted by Gasteiger charge is -2.18. The second-order valence-corrected chi connectivity index (χ2v) is 6.65. The summed E-state index contributed by atoms with van der Waals surface area (Å²) >= 11 is 5.78. The zero-order valence-corrected chi connectivity index (χ0v) is 13.2. The lowest BCUT2D eigenvalue weighted by molar-refractivity contribution is 0.273. The van der Waals surface area contributed by atoms with Gasteiger partial charge in [-0.3, -0.25) is 0 Å². The molecule has 0 saturated carbocycles. The molecule has 0 aliphatic carbocycles. The molecule has 4 nitrogen and oxygen atoms in total. The number of aromatic nitrogens is 1. The van der Waals surface area contributed by atoms with Gasteiger partial charge >= 0.3 is 0 Å². The van der Waals surface area contributed by atoms with E-state index >= 15 is 0 Å². The molecule has 1 heterocycles. The van der Waals surface area contributed by atoms with E-state index in [-0.39, 0.29) is 35.2 Å².